The van der Waals surface area contributed by atoms with Gasteiger partial charge in [-0.05, 0) is 6.92 Å². The third-order valence-corrected chi connectivity index (χ3v) is 3.16. The molecular weight excluding hydrogens is 247 g/mol. The van der Waals surface area contributed by atoms with Crippen LogP contribution in [0.25, 0.3) is 0 Å². The highest BCUT2D eigenvalue weighted by molar-refractivity contribution is 7.80. The van der Waals surface area contributed by atoms with Gasteiger partial charge in [-0.15, -0.1) is 0 Å². The van der Waals surface area contributed by atoms with E-state index in [0.29, 0.717) is 5.56 Å². The molecule has 1 aromatic heterocycles. The molecule has 0 amide bonds. The highest BCUT2D eigenvalue weighted by atomic mass is 32.1. The first-order chi connectivity index (χ1) is 8.02. The van der Waals surface area contributed by atoms with Crippen molar-refractivity contribution in [1.82, 2.24) is 9.55 Å². The lowest BCUT2D eigenvalue weighted by atomic mass is 10.2. The quantitative estimate of drug-likeness (QED) is 0.757. The van der Waals surface area contributed by atoms with Crippen LogP contribution >= 0.6 is 12.6 Å². The van der Waals surface area contributed by atoms with Gasteiger partial charge in [-0.25, -0.2) is 9.18 Å². The summed E-state index contributed by atoms with van der Waals surface area (Å²) in [4.78, 5) is 24.9. The minimum atomic E-state index is -1.14. The summed E-state index contributed by atoms with van der Waals surface area (Å²) in [6.45, 7) is 1.58. The largest absolute Gasteiger partial charge is 0.351 e. The molecule has 2 rings (SSSR count). The average molecular weight is 260 g/mol. The maximum Gasteiger partial charge on any atom is 0.330 e. The molecule has 7 heteroatoms. The van der Waals surface area contributed by atoms with Crippen molar-refractivity contribution >= 4 is 12.6 Å². The lowest BCUT2D eigenvalue weighted by Crippen LogP contribution is -2.33. The van der Waals surface area contributed by atoms with Gasteiger partial charge in [0.15, 0.2) is 0 Å². The van der Waals surface area contributed by atoms with Gasteiger partial charge in [-0.3, -0.25) is 14.3 Å². The predicted molar refractivity (Wildman–Crippen MR) is 63.3 cm³/mol. The SMILES string of the molecule is Cc1cn(C2CC(F)C(CS)O2)c(=O)[nH]c1=O. The topological polar surface area (TPSA) is 64.1 Å². The Hall–Kier alpha value is -1.08. The van der Waals surface area contributed by atoms with Crippen LogP contribution in [0.2, 0.25) is 0 Å². The lowest BCUT2D eigenvalue weighted by Gasteiger charge is -2.14. The Morgan fingerprint density at radius 2 is 2.35 bits per heavy atom. The molecule has 17 heavy (non-hydrogen) atoms. The molecule has 0 aliphatic carbocycles. The Labute approximate surface area is 102 Å². The maximum atomic E-state index is 13.5. The normalized spacial score (nSPS) is 28.5. The van der Waals surface area contributed by atoms with E-state index in [2.05, 4.69) is 17.6 Å². The Kier molecular flexibility index (Phi) is 3.39. The van der Waals surface area contributed by atoms with E-state index in [1.807, 2.05) is 0 Å². The van der Waals surface area contributed by atoms with E-state index in [-0.39, 0.29) is 12.2 Å². The average Bonchev–Trinajstić information content (AvgIpc) is 2.65. The van der Waals surface area contributed by atoms with Crippen molar-refractivity contribution in [2.45, 2.75) is 31.8 Å². The lowest BCUT2D eigenvalue weighted by molar-refractivity contribution is 0.00180. The third-order valence-electron chi connectivity index (χ3n) is 2.80. The van der Waals surface area contributed by atoms with E-state index in [9.17, 15) is 14.0 Å². The summed E-state index contributed by atoms with van der Waals surface area (Å²) in [5.74, 6) is 0.259. The fraction of sp³-hybridized carbons (Fsp3) is 0.600. The molecule has 0 spiro atoms. The van der Waals surface area contributed by atoms with E-state index in [1.165, 1.54) is 10.8 Å². The number of aromatic nitrogens is 2. The van der Waals surface area contributed by atoms with Crippen LogP contribution in [0.15, 0.2) is 15.8 Å². The van der Waals surface area contributed by atoms with Gasteiger partial charge in [0, 0.05) is 23.9 Å². The molecule has 0 aromatic carbocycles. The summed E-state index contributed by atoms with van der Waals surface area (Å²) < 4.78 is 20.1. The van der Waals surface area contributed by atoms with Gasteiger partial charge in [0.25, 0.3) is 5.56 Å². The number of H-pyrrole nitrogens is 1. The van der Waals surface area contributed by atoms with Crippen LogP contribution in [-0.4, -0.2) is 27.6 Å². The second kappa shape index (κ2) is 4.66. The molecule has 3 unspecified atom stereocenters. The summed E-state index contributed by atoms with van der Waals surface area (Å²) >= 11 is 3.98. The van der Waals surface area contributed by atoms with Gasteiger partial charge in [0.1, 0.15) is 18.5 Å². The summed E-state index contributed by atoms with van der Waals surface area (Å²) in [5.41, 5.74) is -0.637. The molecule has 1 N–H and O–H groups in total. The third kappa shape index (κ3) is 2.30. The molecule has 0 bridgehead atoms. The number of rotatable bonds is 2. The number of ether oxygens (including phenoxy) is 1. The Balaban J connectivity index is 2.34. The number of nitrogens with zero attached hydrogens (tertiary/aromatic N) is 1. The molecule has 2 heterocycles. The van der Waals surface area contributed by atoms with E-state index in [0.717, 1.165) is 0 Å². The van der Waals surface area contributed by atoms with Crippen LogP contribution in [0.4, 0.5) is 4.39 Å². The van der Waals surface area contributed by atoms with Gasteiger partial charge in [0.05, 0.1) is 0 Å². The number of halogens is 1. The minimum absolute atomic E-state index is 0.0939. The van der Waals surface area contributed by atoms with E-state index >= 15 is 0 Å². The fourth-order valence-corrected chi connectivity index (χ4v) is 2.14. The van der Waals surface area contributed by atoms with E-state index < -0.39 is 29.8 Å². The zero-order chi connectivity index (χ0) is 12.6. The first kappa shape index (κ1) is 12.4. The standard InChI is InChI=1S/C10H13FN2O3S/c1-5-3-13(10(15)12-9(5)14)8-2-6(11)7(4-17)16-8/h3,6-8,17H,2,4H2,1H3,(H,12,14,15). The fourth-order valence-electron chi connectivity index (χ4n) is 1.82. The number of alkyl halides is 1. The Morgan fingerprint density at radius 1 is 1.65 bits per heavy atom. The van der Waals surface area contributed by atoms with E-state index in [1.54, 1.807) is 6.92 Å². The smallest absolute Gasteiger partial charge is 0.330 e. The van der Waals surface area contributed by atoms with Crippen LogP contribution in [0.3, 0.4) is 0 Å². The Bertz CT molecular complexity index is 527. The monoisotopic (exact) mass is 260 g/mol. The second-order valence-corrected chi connectivity index (χ2v) is 4.41. The Morgan fingerprint density at radius 3 is 2.94 bits per heavy atom. The number of hydrogen-bond acceptors (Lipinski definition) is 4. The van der Waals surface area contributed by atoms with Gasteiger partial charge >= 0.3 is 5.69 Å². The second-order valence-electron chi connectivity index (χ2n) is 4.04. The molecule has 94 valence electrons. The summed E-state index contributed by atoms with van der Waals surface area (Å²) in [6.07, 6.45) is -0.944. The van der Waals surface area contributed by atoms with Crippen LogP contribution in [0, 0.1) is 6.92 Å². The van der Waals surface area contributed by atoms with E-state index in [4.69, 9.17) is 4.74 Å². The number of aromatic amines is 1. The zero-order valence-corrected chi connectivity index (χ0v) is 10.1. The molecule has 1 saturated heterocycles. The van der Waals surface area contributed by atoms with Crippen molar-refractivity contribution in [2.24, 2.45) is 0 Å². The number of aryl methyl sites for hydroxylation is 1. The van der Waals surface area contributed by atoms with Crippen molar-refractivity contribution in [3.8, 4) is 0 Å². The highest BCUT2D eigenvalue weighted by Gasteiger charge is 2.35. The number of hydrogen-bond donors (Lipinski definition) is 2. The first-order valence-corrected chi connectivity index (χ1v) is 5.88. The highest BCUT2D eigenvalue weighted by Crippen LogP contribution is 2.30. The molecule has 1 aliphatic heterocycles. The van der Waals surface area contributed by atoms with Crippen molar-refractivity contribution < 1.29 is 9.13 Å². The molecule has 0 saturated carbocycles. The van der Waals surface area contributed by atoms with Crippen LogP contribution < -0.4 is 11.2 Å². The van der Waals surface area contributed by atoms with Crippen LogP contribution in [0.5, 0.6) is 0 Å². The molecule has 5 nitrogen and oxygen atoms in total. The maximum absolute atomic E-state index is 13.5. The van der Waals surface area contributed by atoms with Crippen LogP contribution in [-0.2, 0) is 4.74 Å². The van der Waals surface area contributed by atoms with Crippen molar-refractivity contribution in [3.05, 3.63) is 32.6 Å². The zero-order valence-electron chi connectivity index (χ0n) is 9.22. The molecule has 1 aliphatic rings. The predicted octanol–water partition coefficient (Wildman–Crippen LogP) is 0.400. The first-order valence-electron chi connectivity index (χ1n) is 5.25. The summed E-state index contributed by atoms with van der Waals surface area (Å²) in [5, 5.41) is 0. The van der Waals surface area contributed by atoms with Crippen molar-refractivity contribution in [3.63, 3.8) is 0 Å². The van der Waals surface area contributed by atoms with Gasteiger partial charge in [0.2, 0.25) is 0 Å². The number of thiol groups is 1. The summed E-state index contributed by atoms with van der Waals surface area (Å²) in [7, 11) is 0. The van der Waals surface area contributed by atoms with Gasteiger partial charge in [-0.1, -0.05) is 0 Å². The molecule has 0 radical (unpaired) electrons. The molecule has 1 aromatic rings. The minimum Gasteiger partial charge on any atom is -0.351 e. The number of nitrogens with one attached hydrogen (secondary N) is 1. The van der Waals surface area contributed by atoms with Crippen molar-refractivity contribution in [1.29, 1.82) is 0 Å². The van der Waals surface area contributed by atoms with Gasteiger partial charge < -0.3 is 4.74 Å². The van der Waals surface area contributed by atoms with Crippen LogP contribution in [0.1, 0.15) is 18.2 Å². The summed E-state index contributed by atoms with van der Waals surface area (Å²) in [6, 6.07) is 0. The molecule has 1 fully saturated rings. The van der Waals surface area contributed by atoms with Crippen molar-refractivity contribution in [2.75, 3.05) is 5.75 Å². The van der Waals surface area contributed by atoms with Gasteiger partial charge in [-0.2, -0.15) is 12.6 Å². The molecular formula is C10H13FN2O3S. The molecule has 3 atom stereocenters.